The summed E-state index contributed by atoms with van der Waals surface area (Å²) >= 11 is 0. The molecule has 0 amide bonds. The molecule has 2 aliphatic heterocycles. The minimum atomic E-state index is -3.28. The molecule has 0 bridgehead atoms. The van der Waals surface area contributed by atoms with Crippen LogP contribution in [0.3, 0.4) is 0 Å². The number of pyridine rings is 1. The molecule has 0 aliphatic carbocycles. The number of piperidine rings is 1. The molecule has 1 aromatic heterocycles. The molecule has 2 saturated heterocycles. The Balaban J connectivity index is 1.46. The zero-order chi connectivity index (χ0) is 18.9. The van der Waals surface area contributed by atoms with Crippen LogP contribution in [-0.4, -0.2) is 43.9 Å². The van der Waals surface area contributed by atoms with Crippen molar-refractivity contribution in [1.82, 2.24) is 9.29 Å². The Labute approximate surface area is 162 Å². The lowest BCUT2D eigenvalue weighted by Crippen LogP contribution is -2.45. The minimum Gasteiger partial charge on any atom is -0.356 e. The van der Waals surface area contributed by atoms with Crippen LogP contribution >= 0.6 is 0 Å². The van der Waals surface area contributed by atoms with Gasteiger partial charge in [0, 0.05) is 37.8 Å². The summed E-state index contributed by atoms with van der Waals surface area (Å²) in [5, 5.41) is 0. The molecule has 6 heteroatoms. The lowest BCUT2D eigenvalue weighted by molar-refractivity contribution is 0.247. The Hall–Kier alpha value is -1.92. The van der Waals surface area contributed by atoms with E-state index in [1.807, 2.05) is 55.6 Å². The molecule has 4 rings (SSSR count). The first-order valence-electron chi connectivity index (χ1n) is 9.65. The summed E-state index contributed by atoms with van der Waals surface area (Å²) < 4.78 is 27.6. The lowest BCUT2D eigenvalue weighted by atomic mass is 9.79. The van der Waals surface area contributed by atoms with Crippen molar-refractivity contribution in [2.24, 2.45) is 5.41 Å². The third-order valence-corrected chi connectivity index (χ3v) is 7.70. The Kier molecular flexibility index (Phi) is 4.95. The van der Waals surface area contributed by atoms with E-state index in [0.29, 0.717) is 13.1 Å². The van der Waals surface area contributed by atoms with Gasteiger partial charge in [-0.2, -0.15) is 0 Å². The van der Waals surface area contributed by atoms with Crippen LogP contribution in [0.1, 0.15) is 30.4 Å². The van der Waals surface area contributed by atoms with Gasteiger partial charge in [-0.25, -0.2) is 17.7 Å². The Morgan fingerprint density at radius 1 is 1.04 bits per heavy atom. The first-order valence-corrected chi connectivity index (χ1v) is 11.3. The topological polar surface area (TPSA) is 53.5 Å². The summed E-state index contributed by atoms with van der Waals surface area (Å²) in [6.45, 7) is 5.16. The van der Waals surface area contributed by atoms with Gasteiger partial charge >= 0.3 is 0 Å². The number of anilines is 1. The average Bonchev–Trinajstić information content (AvgIpc) is 3.08. The second kappa shape index (κ2) is 7.24. The Morgan fingerprint density at radius 2 is 1.85 bits per heavy atom. The second-order valence-electron chi connectivity index (χ2n) is 8.04. The fourth-order valence-corrected chi connectivity index (χ4v) is 6.03. The fraction of sp³-hybridized carbons (Fsp3) is 0.476. The highest BCUT2D eigenvalue weighted by atomic mass is 32.2. The number of nitrogens with zero attached hydrogens (tertiary/aromatic N) is 3. The number of aromatic nitrogens is 1. The number of sulfonamides is 1. The first kappa shape index (κ1) is 18.4. The SMILES string of the molecule is Cc1ccc(CS(=O)(=O)N2CC[C@@]3(CCCN(c4ccccn4)C3)C2)cc1. The van der Waals surface area contributed by atoms with Crippen LogP contribution in [0.15, 0.2) is 48.7 Å². The standard InChI is InChI=1S/C21H27N3O2S/c1-18-6-8-19(9-7-18)15-27(25,26)24-14-11-21(17-24)10-4-13-23(16-21)20-5-2-3-12-22-20/h2-3,5-9,12H,4,10-11,13-17H2,1H3/t21-/m1/s1. The molecular formula is C21H27N3O2S. The van der Waals surface area contributed by atoms with Gasteiger partial charge in [0.25, 0.3) is 0 Å². The third-order valence-electron chi connectivity index (χ3n) is 5.90. The predicted octanol–water partition coefficient (Wildman–Crippen LogP) is 3.21. The van der Waals surface area contributed by atoms with E-state index >= 15 is 0 Å². The zero-order valence-electron chi connectivity index (χ0n) is 15.8. The summed E-state index contributed by atoms with van der Waals surface area (Å²) in [5.41, 5.74) is 2.06. The van der Waals surface area contributed by atoms with Crippen LogP contribution in [-0.2, 0) is 15.8 Å². The van der Waals surface area contributed by atoms with Crippen molar-refractivity contribution in [2.75, 3.05) is 31.1 Å². The van der Waals surface area contributed by atoms with Crippen molar-refractivity contribution >= 4 is 15.8 Å². The number of benzene rings is 1. The van der Waals surface area contributed by atoms with Gasteiger partial charge in [0.1, 0.15) is 5.82 Å². The highest BCUT2D eigenvalue weighted by Crippen LogP contribution is 2.41. The van der Waals surface area contributed by atoms with Crippen molar-refractivity contribution in [3.63, 3.8) is 0 Å². The summed E-state index contributed by atoms with van der Waals surface area (Å²) in [7, 11) is -3.28. The van der Waals surface area contributed by atoms with Crippen LogP contribution < -0.4 is 4.90 Å². The third kappa shape index (κ3) is 4.01. The van der Waals surface area contributed by atoms with Crippen LogP contribution in [0.5, 0.6) is 0 Å². The largest absolute Gasteiger partial charge is 0.356 e. The minimum absolute atomic E-state index is 0.0517. The molecule has 144 valence electrons. The Morgan fingerprint density at radius 3 is 2.59 bits per heavy atom. The summed E-state index contributed by atoms with van der Waals surface area (Å²) in [4.78, 5) is 6.80. The number of hydrogen-bond donors (Lipinski definition) is 0. The molecule has 0 N–H and O–H groups in total. The van der Waals surface area contributed by atoms with E-state index in [9.17, 15) is 8.42 Å². The number of hydrogen-bond acceptors (Lipinski definition) is 4. The molecule has 5 nitrogen and oxygen atoms in total. The van der Waals surface area contributed by atoms with Crippen molar-refractivity contribution in [1.29, 1.82) is 0 Å². The number of rotatable bonds is 4. The Bertz CT molecular complexity index is 883. The highest BCUT2D eigenvalue weighted by molar-refractivity contribution is 7.88. The lowest BCUT2D eigenvalue weighted by Gasteiger charge is -2.41. The summed E-state index contributed by atoms with van der Waals surface area (Å²) in [5.74, 6) is 1.09. The van der Waals surface area contributed by atoms with Crippen LogP contribution in [0.2, 0.25) is 0 Å². The summed E-state index contributed by atoms with van der Waals surface area (Å²) in [6, 6.07) is 13.8. The van der Waals surface area contributed by atoms with Gasteiger partial charge in [-0.15, -0.1) is 0 Å². The van der Waals surface area contributed by atoms with Gasteiger partial charge in [0.05, 0.1) is 5.75 Å². The average molecular weight is 386 g/mol. The van der Waals surface area contributed by atoms with E-state index in [0.717, 1.165) is 49.3 Å². The maximum absolute atomic E-state index is 13.0. The molecule has 1 spiro atoms. The molecule has 2 aliphatic rings. The monoisotopic (exact) mass is 385 g/mol. The van der Waals surface area contributed by atoms with E-state index in [2.05, 4.69) is 9.88 Å². The van der Waals surface area contributed by atoms with Crippen molar-refractivity contribution in [3.05, 3.63) is 59.8 Å². The molecule has 1 atom stereocenters. The molecule has 3 heterocycles. The smallest absolute Gasteiger partial charge is 0.218 e. The van der Waals surface area contributed by atoms with Crippen LogP contribution in [0.4, 0.5) is 5.82 Å². The van der Waals surface area contributed by atoms with Gasteiger partial charge in [-0.3, -0.25) is 0 Å². The quantitative estimate of drug-likeness (QED) is 0.811. The highest BCUT2D eigenvalue weighted by Gasteiger charge is 2.45. The number of aryl methyl sites for hydroxylation is 1. The molecule has 0 unspecified atom stereocenters. The maximum Gasteiger partial charge on any atom is 0.218 e. The molecular weight excluding hydrogens is 358 g/mol. The van der Waals surface area contributed by atoms with Crippen LogP contribution in [0.25, 0.3) is 0 Å². The summed E-state index contributed by atoms with van der Waals surface area (Å²) in [6.07, 6.45) is 4.93. The maximum atomic E-state index is 13.0. The molecule has 2 fully saturated rings. The van der Waals surface area contributed by atoms with Gasteiger partial charge in [-0.05, 0) is 43.9 Å². The van der Waals surface area contributed by atoms with E-state index in [4.69, 9.17) is 0 Å². The molecule has 1 aromatic carbocycles. The van der Waals surface area contributed by atoms with Crippen molar-refractivity contribution < 1.29 is 8.42 Å². The van der Waals surface area contributed by atoms with Gasteiger partial charge in [0.15, 0.2) is 0 Å². The fourth-order valence-electron chi connectivity index (χ4n) is 4.40. The van der Waals surface area contributed by atoms with Gasteiger partial charge in [0.2, 0.25) is 10.0 Å². The first-order chi connectivity index (χ1) is 13.0. The molecule has 0 saturated carbocycles. The molecule has 27 heavy (non-hydrogen) atoms. The molecule has 0 radical (unpaired) electrons. The van der Waals surface area contributed by atoms with E-state index in [-0.39, 0.29) is 11.2 Å². The molecule has 2 aromatic rings. The van der Waals surface area contributed by atoms with E-state index < -0.39 is 10.0 Å². The van der Waals surface area contributed by atoms with Gasteiger partial charge < -0.3 is 4.90 Å². The van der Waals surface area contributed by atoms with E-state index in [1.54, 1.807) is 4.31 Å². The normalized spacial score (nSPS) is 23.8. The van der Waals surface area contributed by atoms with Crippen molar-refractivity contribution in [2.45, 2.75) is 31.9 Å². The van der Waals surface area contributed by atoms with Gasteiger partial charge in [-0.1, -0.05) is 35.9 Å². The predicted molar refractivity (Wildman–Crippen MR) is 108 cm³/mol. The van der Waals surface area contributed by atoms with E-state index in [1.165, 1.54) is 0 Å². The zero-order valence-corrected chi connectivity index (χ0v) is 16.7. The van der Waals surface area contributed by atoms with Crippen LogP contribution in [0, 0.1) is 12.3 Å². The van der Waals surface area contributed by atoms with Crippen molar-refractivity contribution in [3.8, 4) is 0 Å². The second-order valence-corrected chi connectivity index (χ2v) is 10.0.